The van der Waals surface area contributed by atoms with E-state index < -0.39 is 0 Å². The highest BCUT2D eigenvalue weighted by Crippen LogP contribution is 2.52. The van der Waals surface area contributed by atoms with Crippen LogP contribution in [-0.2, 0) is 4.74 Å². The first-order valence-electron chi connectivity index (χ1n) is 14.5. The van der Waals surface area contributed by atoms with Gasteiger partial charge in [-0.1, -0.05) is 72.8 Å². The molecular formula is C38H23N3O2. The summed E-state index contributed by atoms with van der Waals surface area (Å²) in [5.41, 5.74) is 8.12. The van der Waals surface area contributed by atoms with Crippen LogP contribution in [0.5, 0.6) is 0 Å². The SMILES string of the molecule is N#Cc1ccc2oc3c(c2c1)C=CC1C3OC2C=CC(c3c(C#N)cccc3-n3c4ccccc4c4ccccc43)=CC21. The van der Waals surface area contributed by atoms with E-state index in [1.54, 1.807) is 6.07 Å². The van der Waals surface area contributed by atoms with Gasteiger partial charge in [-0.3, -0.25) is 0 Å². The number of allylic oxidation sites excluding steroid dienone is 2. The van der Waals surface area contributed by atoms with Gasteiger partial charge in [0.25, 0.3) is 0 Å². The molecule has 43 heavy (non-hydrogen) atoms. The molecule has 0 radical (unpaired) electrons. The molecule has 0 spiro atoms. The Morgan fingerprint density at radius 3 is 2.28 bits per heavy atom. The third-order valence-corrected chi connectivity index (χ3v) is 9.21. The molecule has 1 saturated heterocycles. The van der Waals surface area contributed by atoms with Crippen LogP contribution in [0.3, 0.4) is 0 Å². The summed E-state index contributed by atoms with van der Waals surface area (Å²) < 4.78 is 15.2. The summed E-state index contributed by atoms with van der Waals surface area (Å²) in [6.45, 7) is 0. The second-order valence-corrected chi connectivity index (χ2v) is 11.4. The van der Waals surface area contributed by atoms with Crippen LogP contribution in [0.1, 0.15) is 34.1 Å². The molecule has 4 atom stereocenters. The predicted molar refractivity (Wildman–Crippen MR) is 167 cm³/mol. The van der Waals surface area contributed by atoms with E-state index in [9.17, 15) is 10.5 Å². The molecule has 6 aromatic rings. The lowest BCUT2D eigenvalue weighted by Crippen LogP contribution is -2.19. The summed E-state index contributed by atoms with van der Waals surface area (Å²) >= 11 is 0. The molecule has 3 aliphatic rings. The molecule has 0 bridgehead atoms. The van der Waals surface area contributed by atoms with Crippen LogP contribution in [0.2, 0.25) is 0 Å². The minimum atomic E-state index is -0.226. The zero-order valence-electron chi connectivity index (χ0n) is 22.9. The van der Waals surface area contributed by atoms with Crippen molar-refractivity contribution in [1.82, 2.24) is 4.57 Å². The average molecular weight is 554 g/mol. The average Bonchev–Trinajstić information content (AvgIpc) is 3.73. The van der Waals surface area contributed by atoms with Crippen molar-refractivity contribution in [2.75, 3.05) is 0 Å². The number of benzene rings is 4. The lowest BCUT2D eigenvalue weighted by atomic mass is 9.78. The third-order valence-electron chi connectivity index (χ3n) is 9.21. The number of hydrogen-bond acceptors (Lipinski definition) is 4. The lowest BCUT2D eigenvalue weighted by molar-refractivity contribution is 0.0453. The van der Waals surface area contributed by atoms with Crippen LogP contribution in [-0.4, -0.2) is 10.7 Å². The summed E-state index contributed by atoms with van der Waals surface area (Å²) in [7, 11) is 0. The van der Waals surface area contributed by atoms with E-state index >= 15 is 0 Å². The summed E-state index contributed by atoms with van der Waals surface area (Å²) in [6.07, 6.45) is 10.5. The van der Waals surface area contributed by atoms with Gasteiger partial charge in [0.05, 0.1) is 46.1 Å². The number of furan rings is 1. The normalized spacial score (nSPS) is 21.8. The molecule has 1 fully saturated rings. The van der Waals surface area contributed by atoms with Gasteiger partial charge in [0.15, 0.2) is 0 Å². The maximum atomic E-state index is 10.3. The zero-order chi connectivity index (χ0) is 28.7. The van der Waals surface area contributed by atoms with Crippen LogP contribution >= 0.6 is 0 Å². The fourth-order valence-corrected chi connectivity index (χ4v) is 7.35. The van der Waals surface area contributed by atoms with Crippen LogP contribution in [0, 0.1) is 34.5 Å². The van der Waals surface area contributed by atoms with Crippen molar-refractivity contribution in [2.24, 2.45) is 11.8 Å². The van der Waals surface area contributed by atoms with Gasteiger partial charge >= 0.3 is 0 Å². The summed E-state index contributed by atoms with van der Waals surface area (Å²) in [4.78, 5) is 0. The molecular weight excluding hydrogens is 530 g/mol. The van der Waals surface area contributed by atoms with Crippen LogP contribution in [0.25, 0.3) is 50.1 Å². The van der Waals surface area contributed by atoms with Crippen LogP contribution < -0.4 is 0 Å². The molecule has 0 amide bonds. The predicted octanol–water partition coefficient (Wildman–Crippen LogP) is 8.63. The molecule has 3 heterocycles. The van der Waals surface area contributed by atoms with Gasteiger partial charge in [0.2, 0.25) is 0 Å². The number of para-hydroxylation sites is 2. The van der Waals surface area contributed by atoms with Gasteiger partial charge in [-0.25, -0.2) is 0 Å². The Kier molecular flexibility index (Phi) is 4.99. The van der Waals surface area contributed by atoms with Crippen molar-refractivity contribution in [1.29, 1.82) is 10.5 Å². The molecule has 2 aromatic heterocycles. The first-order chi connectivity index (χ1) is 21.2. The number of hydrogen-bond donors (Lipinski definition) is 0. The van der Waals surface area contributed by atoms with Crippen LogP contribution in [0.15, 0.2) is 114 Å². The maximum absolute atomic E-state index is 10.3. The first-order valence-corrected chi connectivity index (χ1v) is 14.5. The van der Waals surface area contributed by atoms with Crippen LogP contribution in [0.4, 0.5) is 0 Å². The lowest BCUT2D eigenvalue weighted by Gasteiger charge is -2.24. The number of ether oxygens (including phenoxy) is 1. The summed E-state index contributed by atoms with van der Waals surface area (Å²) in [5.74, 6) is 0.980. The van der Waals surface area contributed by atoms with Crippen molar-refractivity contribution in [2.45, 2.75) is 12.2 Å². The van der Waals surface area contributed by atoms with E-state index in [1.165, 1.54) is 10.8 Å². The van der Waals surface area contributed by atoms with E-state index in [4.69, 9.17) is 9.15 Å². The van der Waals surface area contributed by atoms with Crippen molar-refractivity contribution < 1.29 is 9.15 Å². The Morgan fingerprint density at radius 2 is 1.51 bits per heavy atom. The van der Waals surface area contributed by atoms with Crippen molar-refractivity contribution in [3.63, 3.8) is 0 Å². The van der Waals surface area contributed by atoms with Gasteiger partial charge in [-0.05, 0) is 48.0 Å². The fourth-order valence-electron chi connectivity index (χ4n) is 7.35. The van der Waals surface area contributed by atoms with Gasteiger partial charge in [0, 0.05) is 39.1 Å². The van der Waals surface area contributed by atoms with Gasteiger partial charge in [-0.2, -0.15) is 10.5 Å². The Balaban J connectivity index is 1.19. The van der Waals surface area contributed by atoms with Crippen molar-refractivity contribution in [3.8, 4) is 17.8 Å². The second kappa shape index (κ2) is 8.94. The minimum absolute atomic E-state index is 0.0787. The summed E-state index contributed by atoms with van der Waals surface area (Å²) in [5, 5.41) is 23.0. The number of nitriles is 2. The van der Waals surface area contributed by atoms with E-state index in [0.29, 0.717) is 11.1 Å². The van der Waals surface area contributed by atoms with Gasteiger partial charge < -0.3 is 13.7 Å². The third kappa shape index (κ3) is 3.35. The molecule has 5 heteroatoms. The van der Waals surface area contributed by atoms with Crippen molar-refractivity contribution in [3.05, 3.63) is 137 Å². The molecule has 5 nitrogen and oxygen atoms in total. The molecule has 4 aromatic carbocycles. The Bertz CT molecular complexity index is 2280. The molecule has 0 N–H and O–H groups in total. The highest BCUT2D eigenvalue weighted by molar-refractivity contribution is 6.09. The molecule has 9 rings (SSSR count). The van der Waals surface area contributed by atoms with Gasteiger partial charge in [-0.15, -0.1) is 0 Å². The molecule has 2 aliphatic carbocycles. The minimum Gasteiger partial charge on any atom is -0.458 e. The maximum Gasteiger partial charge on any atom is 0.141 e. The Labute approximate surface area is 247 Å². The van der Waals surface area contributed by atoms with E-state index in [2.05, 4.69) is 102 Å². The zero-order valence-corrected chi connectivity index (χ0v) is 22.9. The fraction of sp³-hybridized carbons (Fsp3) is 0.105. The van der Waals surface area contributed by atoms with E-state index in [0.717, 1.165) is 50.2 Å². The molecule has 4 unspecified atom stereocenters. The van der Waals surface area contributed by atoms with Crippen molar-refractivity contribution >= 4 is 44.4 Å². The smallest absolute Gasteiger partial charge is 0.141 e. The van der Waals surface area contributed by atoms with E-state index in [1.807, 2.05) is 24.3 Å². The monoisotopic (exact) mass is 553 g/mol. The molecule has 0 saturated carbocycles. The number of rotatable bonds is 2. The Hall–Kier alpha value is -5.62. The topological polar surface area (TPSA) is 74.9 Å². The standard InChI is InChI=1S/C38H23N3O2/c39-20-22-12-16-34-29(18-22)27-14-15-28-30-19-23(13-17-35(30)43-38(28)37(27)42-34)36-24(21-40)6-5-11-33(36)41-31-9-3-1-7-25(31)26-8-2-4-10-32(26)41/h1-19,28,30,35,38H. The highest BCUT2D eigenvalue weighted by Gasteiger charge is 2.47. The number of fused-ring (bicyclic) bond motifs is 10. The quantitative estimate of drug-likeness (QED) is 0.215. The van der Waals surface area contributed by atoms with Gasteiger partial charge in [0.1, 0.15) is 17.4 Å². The molecule has 202 valence electrons. The number of aromatic nitrogens is 1. The largest absolute Gasteiger partial charge is 0.458 e. The first kappa shape index (κ1) is 24.0. The molecule has 1 aliphatic heterocycles. The summed E-state index contributed by atoms with van der Waals surface area (Å²) in [6, 6.07) is 33.1. The Morgan fingerprint density at radius 1 is 0.721 bits per heavy atom. The highest BCUT2D eigenvalue weighted by atomic mass is 16.5. The second-order valence-electron chi connectivity index (χ2n) is 11.4. The number of nitrogens with zero attached hydrogens (tertiary/aromatic N) is 3. The van der Waals surface area contributed by atoms with E-state index in [-0.39, 0.29) is 24.0 Å².